The second-order valence-corrected chi connectivity index (χ2v) is 1.49. The minimum absolute atomic E-state index is 0. The zero-order chi connectivity index (χ0) is 12.6. The van der Waals surface area contributed by atoms with Gasteiger partial charge < -0.3 is 20.4 Å². The summed E-state index contributed by atoms with van der Waals surface area (Å²) in [5.41, 5.74) is 0. The quantitative estimate of drug-likeness (QED) is 0.607. The molecule has 2 N–H and O–H groups in total. The SMILES string of the molecule is CCC(=O)O.CCC(=O)O.C[O-].C[O-].[Ti+2]. The van der Waals surface area contributed by atoms with Gasteiger partial charge in [-0.25, -0.2) is 0 Å². The molecule has 0 aromatic rings. The normalized spacial score (nSPS) is 5.73. The van der Waals surface area contributed by atoms with Crippen LogP contribution in [0.4, 0.5) is 0 Å². The molecule has 0 rings (SSSR count). The van der Waals surface area contributed by atoms with E-state index in [0.717, 1.165) is 14.2 Å². The average molecular weight is 258 g/mol. The van der Waals surface area contributed by atoms with Crippen LogP contribution in [0.5, 0.6) is 0 Å². The maximum atomic E-state index is 9.37. The van der Waals surface area contributed by atoms with Gasteiger partial charge in [-0.1, -0.05) is 13.8 Å². The van der Waals surface area contributed by atoms with Crippen molar-refractivity contribution in [3.63, 3.8) is 0 Å². The predicted octanol–water partition coefficient (Wildman–Crippen LogP) is -1.09. The summed E-state index contributed by atoms with van der Waals surface area (Å²) < 4.78 is 0. The van der Waals surface area contributed by atoms with Crippen LogP contribution in [0, 0.1) is 0 Å². The Balaban J connectivity index is -0.0000000318. The molecule has 0 radical (unpaired) electrons. The maximum absolute atomic E-state index is 9.37. The Kier molecular flexibility index (Phi) is 73.1. The summed E-state index contributed by atoms with van der Waals surface area (Å²) in [6.07, 6.45) is 0.444. The molecule has 0 atom stereocenters. The molecular formula is C8H18O6Ti. The van der Waals surface area contributed by atoms with Crippen molar-refractivity contribution >= 4 is 11.9 Å². The van der Waals surface area contributed by atoms with Crippen LogP contribution < -0.4 is 10.2 Å². The van der Waals surface area contributed by atoms with Gasteiger partial charge in [0.15, 0.2) is 0 Å². The second-order valence-electron chi connectivity index (χ2n) is 1.49. The molecule has 0 aliphatic carbocycles. The molecular weight excluding hydrogens is 240 g/mol. The standard InChI is InChI=1S/2C3H6O2.2CH3O.Ti/c2*1-2-3(4)5;2*1-2;/h2*2H2,1H3,(H,4,5);2*1H3;/q;;2*-1;+2. The Morgan fingerprint density at radius 3 is 0.933 bits per heavy atom. The maximum Gasteiger partial charge on any atom is 2.00 e. The molecule has 0 aliphatic rings. The van der Waals surface area contributed by atoms with E-state index in [4.69, 9.17) is 20.4 Å². The Labute approximate surface area is 105 Å². The zero-order valence-corrected chi connectivity index (χ0v) is 11.0. The van der Waals surface area contributed by atoms with Gasteiger partial charge in [0.25, 0.3) is 0 Å². The molecule has 0 unspecified atom stereocenters. The van der Waals surface area contributed by atoms with Gasteiger partial charge in [-0.2, -0.15) is 14.2 Å². The molecule has 0 amide bonds. The molecule has 0 fully saturated rings. The molecule has 0 saturated carbocycles. The third-order valence-electron chi connectivity index (χ3n) is 0.605. The van der Waals surface area contributed by atoms with Crippen LogP contribution in [0.3, 0.4) is 0 Å². The van der Waals surface area contributed by atoms with Crippen LogP contribution in [-0.4, -0.2) is 36.4 Å². The van der Waals surface area contributed by atoms with Gasteiger partial charge in [-0.15, -0.1) is 0 Å². The second kappa shape index (κ2) is 37.4. The van der Waals surface area contributed by atoms with Crippen LogP contribution in [0.25, 0.3) is 0 Å². The van der Waals surface area contributed by atoms with E-state index in [-0.39, 0.29) is 34.6 Å². The minimum Gasteiger partial charge on any atom is -0.857 e. The first-order chi connectivity index (χ1) is 6.54. The molecule has 0 spiro atoms. The predicted molar refractivity (Wildman–Crippen MR) is 47.7 cm³/mol. The van der Waals surface area contributed by atoms with Gasteiger partial charge in [0.2, 0.25) is 0 Å². The number of aliphatic carboxylic acids is 2. The van der Waals surface area contributed by atoms with Gasteiger partial charge in [-0.05, 0) is 0 Å². The molecule has 6 nitrogen and oxygen atoms in total. The van der Waals surface area contributed by atoms with Crippen LogP contribution in [0.15, 0.2) is 0 Å². The molecule has 0 aliphatic heterocycles. The number of rotatable bonds is 2. The van der Waals surface area contributed by atoms with Crippen molar-refractivity contribution in [1.82, 2.24) is 0 Å². The molecule has 0 saturated heterocycles. The first kappa shape index (κ1) is 29.3. The summed E-state index contributed by atoms with van der Waals surface area (Å²) in [6.45, 7) is 3.20. The summed E-state index contributed by atoms with van der Waals surface area (Å²) >= 11 is 0. The first-order valence-corrected chi connectivity index (χ1v) is 3.79. The van der Waals surface area contributed by atoms with Crippen molar-refractivity contribution in [2.24, 2.45) is 0 Å². The third-order valence-corrected chi connectivity index (χ3v) is 0.605. The Hall–Kier alpha value is -0.426. The van der Waals surface area contributed by atoms with Gasteiger partial charge in [0.05, 0.1) is 0 Å². The zero-order valence-electron chi connectivity index (χ0n) is 9.44. The van der Waals surface area contributed by atoms with Gasteiger partial charge in [0, 0.05) is 12.8 Å². The average Bonchev–Trinajstić information content (AvgIpc) is 2.24. The number of hydrogen-bond donors (Lipinski definition) is 2. The van der Waals surface area contributed by atoms with Crippen LogP contribution >= 0.6 is 0 Å². The topological polar surface area (TPSA) is 121 Å². The molecule has 0 aromatic carbocycles. The molecule has 7 heteroatoms. The van der Waals surface area contributed by atoms with E-state index in [1.165, 1.54) is 0 Å². The smallest absolute Gasteiger partial charge is 0.857 e. The van der Waals surface area contributed by atoms with Crippen molar-refractivity contribution in [2.75, 3.05) is 14.2 Å². The Morgan fingerprint density at radius 1 is 0.867 bits per heavy atom. The Bertz CT molecular complexity index is 104. The fourth-order valence-corrected chi connectivity index (χ4v) is 0. The van der Waals surface area contributed by atoms with Crippen molar-refractivity contribution in [3.8, 4) is 0 Å². The van der Waals surface area contributed by atoms with E-state index in [9.17, 15) is 9.59 Å². The molecule has 0 heterocycles. The minimum atomic E-state index is -0.745. The molecule has 0 bridgehead atoms. The van der Waals surface area contributed by atoms with Gasteiger partial charge in [-0.3, -0.25) is 9.59 Å². The first-order valence-electron chi connectivity index (χ1n) is 3.79. The fourth-order valence-electron chi connectivity index (χ4n) is 0. The van der Waals surface area contributed by atoms with Crippen LogP contribution in [-0.2, 0) is 31.3 Å². The van der Waals surface area contributed by atoms with Crippen molar-refractivity contribution in [1.29, 1.82) is 0 Å². The Morgan fingerprint density at radius 2 is 0.933 bits per heavy atom. The summed E-state index contributed by atoms with van der Waals surface area (Å²) in [4.78, 5) is 18.7. The molecule has 15 heavy (non-hydrogen) atoms. The van der Waals surface area contributed by atoms with E-state index in [1.807, 2.05) is 0 Å². The molecule has 90 valence electrons. The molecule has 0 aromatic heterocycles. The van der Waals surface area contributed by atoms with Crippen LogP contribution in [0.1, 0.15) is 26.7 Å². The number of carboxylic acid groups (broad SMARTS) is 2. The number of carbonyl (C=O) groups is 2. The van der Waals surface area contributed by atoms with Crippen LogP contribution in [0.2, 0.25) is 0 Å². The third kappa shape index (κ3) is 142. The van der Waals surface area contributed by atoms with Crippen molar-refractivity contribution in [2.45, 2.75) is 26.7 Å². The van der Waals surface area contributed by atoms with E-state index in [1.54, 1.807) is 13.8 Å². The van der Waals surface area contributed by atoms with Crippen molar-refractivity contribution < 1.29 is 51.7 Å². The number of hydrogen-bond acceptors (Lipinski definition) is 4. The van der Waals surface area contributed by atoms with Gasteiger partial charge in [0.1, 0.15) is 0 Å². The number of carboxylic acids is 2. The van der Waals surface area contributed by atoms with Crippen molar-refractivity contribution in [3.05, 3.63) is 0 Å². The monoisotopic (exact) mass is 258 g/mol. The van der Waals surface area contributed by atoms with E-state index in [0.29, 0.717) is 0 Å². The largest absolute Gasteiger partial charge is 2.00 e. The summed E-state index contributed by atoms with van der Waals surface area (Å²) in [6, 6.07) is 0. The fraction of sp³-hybridized carbons (Fsp3) is 0.750. The van der Waals surface area contributed by atoms with Gasteiger partial charge >= 0.3 is 33.7 Å². The van der Waals surface area contributed by atoms with E-state index >= 15 is 0 Å². The summed E-state index contributed by atoms with van der Waals surface area (Å²) in [7, 11) is 1.50. The van der Waals surface area contributed by atoms with E-state index in [2.05, 4.69) is 0 Å². The summed E-state index contributed by atoms with van der Waals surface area (Å²) in [5, 5.41) is 31.9. The summed E-state index contributed by atoms with van der Waals surface area (Å²) in [5.74, 6) is -1.49. The van der Waals surface area contributed by atoms with E-state index < -0.39 is 11.9 Å².